The van der Waals surface area contributed by atoms with E-state index in [1.165, 1.54) is 0 Å². The minimum Gasteiger partial charge on any atom is -0.492 e. The lowest BCUT2D eigenvalue weighted by molar-refractivity contribution is 0.0697. The topological polar surface area (TPSA) is 74.2 Å². The fourth-order valence-corrected chi connectivity index (χ4v) is 3.81. The molecule has 0 unspecified atom stereocenters. The largest absolute Gasteiger partial charge is 0.492 e. The van der Waals surface area contributed by atoms with Gasteiger partial charge in [0.2, 0.25) is 11.5 Å². The monoisotopic (exact) mass is 422 g/mol. The predicted molar refractivity (Wildman–Crippen MR) is 119 cm³/mol. The van der Waals surface area contributed by atoms with Gasteiger partial charge in [-0.05, 0) is 35.7 Å². The maximum Gasteiger partial charge on any atom is 0.336 e. The first-order valence-corrected chi connectivity index (χ1v) is 9.73. The van der Waals surface area contributed by atoms with E-state index in [9.17, 15) is 9.90 Å². The Morgan fingerprint density at radius 3 is 1.94 bits per heavy atom. The normalized spacial score (nSPS) is 10.5. The molecule has 1 N–H and O–H groups in total. The lowest BCUT2D eigenvalue weighted by Gasteiger charge is -2.22. The molecule has 6 nitrogen and oxygen atoms in total. The van der Waals surface area contributed by atoms with Crippen LogP contribution >= 0.6 is 0 Å². The first-order valence-electron chi connectivity index (χ1n) is 9.73. The predicted octanol–water partition coefficient (Wildman–Crippen LogP) is 4.99. The third-order valence-corrected chi connectivity index (χ3v) is 5.28. The fourth-order valence-electron chi connectivity index (χ4n) is 3.81. The third-order valence-electron chi connectivity index (χ3n) is 5.28. The van der Waals surface area contributed by atoms with Crippen LogP contribution in [-0.4, -0.2) is 39.5 Å². The second-order valence-corrected chi connectivity index (χ2v) is 6.96. The number of hydrogen-bond acceptors (Lipinski definition) is 5. The molecule has 0 bridgehead atoms. The zero-order valence-electron chi connectivity index (χ0n) is 18.3. The summed E-state index contributed by atoms with van der Waals surface area (Å²) in [6.07, 6.45) is 0.492. The van der Waals surface area contributed by atoms with Crippen LogP contribution in [0.15, 0.2) is 48.5 Å². The quantitative estimate of drug-likeness (QED) is 0.552. The average Bonchev–Trinajstić information content (AvgIpc) is 2.79. The molecule has 31 heavy (non-hydrogen) atoms. The van der Waals surface area contributed by atoms with Crippen LogP contribution in [0.1, 0.15) is 27.0 Å². The molecule has 0 amide bonds. The number of hydrogen-bond donors (Lipinski definition) is 1. The minimum atomic E-state index is -0.966. The molecular weight excluding hydrogens is 396 g/mol. The number of carboxylic acid groups (broad SMARTS) is 1. The third kappa shape index (κ3) is 4.14. The highest BCUT2D eigenvalue weighted by Gasteiger charge is 2.25. The second kappa shape index (κ2) is 9.43. The first kappa shape index (κ1) is 22.0. The lowest BCUT2D eigenvalue weighted by Crippen LogP contribution is -2.06. The second-order valence-electron chi connectivity index (χ2n) is 6.96. The van der Waals surface area contributed by atoms with Crippen molar-refractivity contribution < 1.29 is 28.8 Å². The summed E-state index contributed by atoms with van der Waals surface area (Å²) >= 11 is 0. The highest BCUT2D eigenvalue weighted by atomic mass is 16.5. The molecule has 0 atom stereocenters. The molecule has 0 spiro atoms. The van der Waals surface area contributed by atoms with Crippen LogP contribution in [0.5, 0.6) is 23.0 Å². The van der Waals surface area contributed by atoms with Crippen molar-refractivity contribution >= 4 is 5.97 Å². The van der Waals surface area contributed by atoms with E-state index in [0.29, 0.717) is 35.0 Å². The number of methoxy groups -OCH3 is 4. The smallest absolute Gasteiger partial charge is 0.336 e. The van der Waals surface area contributed by atoms with E-state index < -0.39 is 5.97 Å². The molecule has 3 aromatic rings. The van der Waals surface area contributed by atoms with Gasteiger partial charge in [-0.3, -0.25) is 0 Å². The zero-order chi connectivity index (χ0) is 22.5. The van der Waals surface area contributed by atoms with Gasteiger partial charge >= 0.3 is 5.97 Å². The molecule has 0 aliphatic heterocycles. The van der Waals surface area contributed by atoms with Gasteiger partial charge in [0.1, 0.15) is 0 Å². The van der Waals surface area contributed by atoms with Crippen molar-refractivity contribution in [3.05, 3.63) is 70.8 Å². The van der Waals surface area contributed by atoms with Crippen LogP contribution in [-0.2, 0) is 6.42 Å². The molecule has 0 fully saturated rings. The van der Waals surface area contributed by atoms with Crippen LogP contribution in [0.3, 0.4) is 0 Å². The van der Waals surface area contributed by atoms with E-state index in [4.69, 9.17) is 18.9 Å². The van der Waals surface area contributed by atoms with E-state index in [2.05, 4.69) is 0 Å². The summed E-state index contributed by atoms with van der Waals surface area (Å²) in [5.41, 5.74) is 4.42. The maximum absolute atomic E-state index is 11.8. The number of aromatic carboxylic acids is 1. The van der Waals surface area contributed by atoms with Crippen LogP contribution in [0.2, 0.25) is 0 Å². The summed E-state index contributed by atoms with van der Waals surface area (Å²) in [7, 11) is 6.26. The van der Waals surface area contributed by atoms with E-state index in [-0.39, 0.29) is 5.56 Å². The van der Waals surface area contributed by atoms with Crippen molar-refractivity contribution in [2.75, 3.05) is 28.4 Å². The molecule has 0 aliphatic rings. The Morgan fingerprint density at radius 1 is 0.806 bits per heavy atom. The molecule has 0 radical (unpaired) electrons. The van der Waals surface area contributed by atoms with Gasteiger partial charge in [0.05, 0.1) is 34.0 Å². The minimum absolute atomic E-state index is 0.253. The van der Waals surface area contributed by atoms with Crippen molar-refractivity contribution in [2.45, 2.75) is 13.3 Å². The Kier molecular flexibility index (Phi) is 6.70. The Bertz CT molecular complexity index is 1090. The van der Waals surface area contributed by atoms with E-state index in [1.807, 2.05) is 49.4 Å². The fraction of sp³-hybridized carbons (Fsp3) is 0.240. The van der Waals surface area contributed by atoms with Crippen LogP contribution < -0.4 is 18.9 Å². The highest BCUT2D eigenvalue weighted by molar-refractivity contribution is 5.96. The summed E-state index contributed by atoms with van der Waals surface area (Å²) < 4.78 is 22.4. The SMILES string of the molecule is COc1c(C)c(Cc2ccc(C(=O)O)c(-c3ccccc3)c2)c(OC)c(OC)c1OC. The zero-order valence-corrected chi connectivity index (χ0v) is 18.3. The molecule has 0 saturated heterocycles. The number of ether oxygens (including phenoxy) is 4. The van der Waals surface area contributed by atoms with Gasteiger partial charge in [0, 0.05) is 17.5 Å². The lowest BCUT2D eigenvalue weighted by atomic mass is 9.92. The molecule has 0 saturated carbocycles. The molecule has 3 aromatic carbocycles. The van der Waals surface area contributed by atoms with E-state index in [1.54, 1.807) is 34.5 Å². The van der Waals surface area contributed by atoms with Crippen LogP contribution in [0.4, 0.5) is 0 Å². The maximum atomic E-state index is 11.8. The van der Waals surface area contributed by atoms with Gasteiger partial charge in [-0.15, -0.1) is 0 Å². The van der Waals surface area contributed by atoms with Crippen molar-refractivity contribution in [3.63, 3.8) is 0 Å². The molecule has 0 heterocycles. The Labute approximate surface area is 182 Å². The Morgan fingerprint density at radius 2 is 1.39 bits per heavy atom. The summed E-state index contributed by atoms with van der Waals surface area (Å²) in [5, 5.41) is 9.66. The number of rotatable bonds is 8. The number of carboxylic acids is 1. The van der Waals surface area contributed by atoms with Crippen molar-refractivity contribution in [3.8, 4) is 34.1 Å². The van der Waals surface area contributed by atoms with Crippen molar-refractivity contribution in [2.24, 2.45) is 0 Å². The standard InChI is InChI=1S/C25H26O6/c1-15-19(22(29-3)24(31-5)23(30-4)21(15)28-2)13-16-11-12-18(25(26)27)20(14-16)17-9-7-6-8-10-17/h6-12,14H,13H2,1-5H3,(H,26,27). The molecule has 0 aromatic heterocycles. The molecule has 162 valence electrons. The van der Waals surface area contributed by atoms with Gasteiger partial charge in [0.15, 0.2) is 11.5 Å². The van der Waals surface area contributed by atoms with E-state index >= 15 is 0 Å². The summed E-state index contributed by atoms with van der Waals surface area (Å²) in [5.74, 6) is 1.08. The number of benzene rings is 3. The average molecular weight is 422 g/mol. The Balaban J connectivity index is 2.18. The van der Waals surface area contributed by atoms with Crippen LogP contribution in [0.25, 0.3) is 11.1 Å². The van der Waals surface area contributed by atoms with Gasteiger partial charge in [-0.25, -0.2) is 4.79 Å². The van der Waals surface area contributed by atoms with Crippen LogP contribution in [0, 0.1) is 6.92 Å². The summed E-state index contributed by atoms with van der Waals surface area (Å²) in [6.45, 7) is 1.93. The first-order chi connectivity index (χ1) is 15.0. The van der Waals surface area contributed by atoms with Gasteiger partial charge < -0.3 is 24.1 Å². The summed E-state index contributed by atoms with van der Waals surface area (Å²) in [6, 6.07) is 14.8. The number of carbonyl (C=O) groups is 1. The van der Waals surface area contributed by atoms with E-state index in [0.717, 1.165) is 22.3 Å². The molecular formula is C25H26O6. The van der Waals surface area contributed by atoms with Crippen molar-refractivity contribution in [1.29, 1.82) is 0 Å². The summed E-state index contributed by atoms with van der Waals surface area (Å²) in [4.78, 5) is 11.8. The highest BCUT2D eigenvalue weighted by Crippen LogP contribution is 2.49. The molecule has 6 heteroatoms. The van der Waals surface area contributed by atoms with Crippen molar-refractivity contribution in [1.82, 2.24) is 0 Å². The Hall–Kier alpha value is -3.67. The van der Waals surface area contributed by atoms with Gasteiger partial charge in [-0.1, -0.05) is 36.4 Å². The van der Waals surface area contributed by atoms with Gasteiger partial charge in [0.25, 0.3) is 0 Å². The molecule has 0 aliphatic carbocycles. The molecule has 3 rings (SSSR count). The van der Waals surface area contributed by atoms with Gasteiger partial charge in [-0.2, -0.15) is 0 Å².